The molecule has 0 spiro atoms. The van der Waals surface area contributed by atoms with Crippen molar-refractivity contribution in [3.05, 3.63) is 56.9 Å². The van der Waals surface area contributed by atoms with E-state index in [-0.39, 0.29) is 5.25 Å². The number of ether oxygens (including phenoxy) is 1. The lowest BCUT2D eigenvalue weighted by Crippen LogP contribution is -2.54. The molecule has 0 aromatic rings. The Bertz CT molecular complexity index is 805. The molecule has 1 saturated heterocycles. The third-order valence-corrected chi connectivity index (χ3v) is 9.38. The Morgan fingerprint density at radius 1 is 1.38 bits per heavy atom. The largest absolute Gasteiger partial charge is 0.384 e. The number of morpholine rings is 1. The van der Waals surface area contributed by atoms with Gasteiger partial charge in [0.15, 0.2) is 0 Å². The Labute approximate surface area is 211 Å². The van der Waals surface area contributed by atoms with Crippen LogP contribution in [-0.2, 0) is 4.74 Å². The molecular formula is C26H35BrN2OS2. The number of hydrogen-bond donors (Lipinski definition) is 1. The molecule has 2 unspecified atom stereocenters. The predicted octanol–water partition coefficient (Wildman–Crippen LogP) is 6.23. The quantitative estimate of drug-likeness (QED) is 0.321. The summed E-state index contributed by atoms with van der Waals surface area (Å²) in [6, 6.07) is 1.07. The van der Waals surface area contributed by atoms with Crippen molar-refractivity contribution < 1.29 is 4.74 Å². The molecule has 3 nitrogen and oxygen atoms in total. The fourth-order valence-electron chi connectivity index (χ4n) is 4.43. The van der Waals surface area contributed by atoms with E-state index in [4.69, 9.17) is 11.2 Å². The summed E-state index contributed by atoms with van der Waals surface area (Å²) in [4.78, 5) is 5.20. The zero-order valence-electron chi connectivity index (χ0n) is 19.0. The van der Waals surface area contributed by atoms with Crippen LogP contribution in [0.2, 0.25) is 0 Å². The first kappa shape index (κ1) is 25.8. The molecule has 1 N–H and O–H groups in total. The van der Waals surface area contributed by atoms with E-state index in [0.29, 0.717) is 12.1 Å². The highest BCUT2D eigenvalue weighted by Gasteiger charge is 2.31. The van der Waals surface area contributed by atoms with Crippen LogP contribution in [0.3, 0.4) is 0 Å². The van der Waals surface area contributed by atoms with Crippen molar-refractivity contribution in [1.29, 1.82) is 0 Å². The number of nitrogens with one attached hydrogen (secondary N) is 1. The lowest BCUT2D eigenvalue weighted by Gasteiger charge is -2.42. The van der Waals surface area contributed by atoms with E-state index in [1.54, 1.807) is 11.8 Å². The molecule has 0 bridgehead atoms. The fourth-order valence-corrected chi connectivity index (χ4v) is 7.06. The normalized spacial score (nSPS) is 33.5. The second kappa shape index (κ2) is 13.8. The van der Waals surface area contributed by atoms with Crippen LogP contribution in [0.4, 0.5) is 0 Å². The lowest BCUT2D eigenvalue weighted by molar-refractivity contribution is 0.000793. The molecule has 3 atom stereocenters. The van der Waals surface area contributed by atoms with Crippen LogP contribution in [0.25, 0.3) is 0 Å². The Morgan fingerprint density at radius 3 is 2.91 bits per heavy atom. The minimum Gasteiger partial charge on any atom is -0.384 e. The van der Waals surface area contributed by atoms with E-state index in [0.717, 1.165) is 43.0 Å². The molecule has 0 radical (unpaired) electrons. The SMILES string of the molecule is C#CC1/C=C\C=C(\Br)CS/C(CC=C)=C(/C=C(\C)N[C@@H]2CCCCC2N2CCOCC2)S1. The Hall–Kier alpha value is -0.840. The molecule has 2 fully saturated rings. The van der Waals surface area contributed by atoms with Gasteiger partial charge in [-0.3, -0.25) is 4.90 Å². The summed E-state index contributed by atoms with van der Waals surface area (Å²) < 4.78 is 6.75. The first-order valence-corrected chi connectivity index (χ1v) is 14.2. The number of terminal acetylenes is 1. The van der Waals surface area contributed by atoms with Gasteiger partial charge in [0.1, 0.15) is 0 Å². The fraction of sp³-hybridized carbons (Fsp3) is 0.538. The second-order valence-electron chi connectivity index (χ2n) is 8.35. The standard InChI is InChI=1S/C26H35BrN2OS2/c1-4-9-25-26(32-22(5-2)11-8-10-21(27)19-31-25)18-20(3)28-23-12-6-7-13-24(23)29-14-16-30-17-15-29/h2,4,8,10-11,18,22-24,28H,1,6-7,9,12-17,19H2,3H3/b11-8-,20-18+,21-10+,26-25-/t22?,23-,24?/m1/s1. The summed E-state index contributed by atoms with van der Waals surface area (Å²) in [7, 11) is 0. The summed E-state index contributed by atoms with van der Waals surface area (Å²) in [6.45, 7) is 9.99. The van der Waals surface area contributed by atoms with Crippen LogP contribution < -0.4 is 5.32 Å². The number of allylic oxidation sites excluding steroid dienone is 6. The Balaban J connectivity index is 1.81. The zero-order chi connectivity index (χ0) is 22.8. The van der Waals surface area contributed by atoms with Crippen molar-refractivity contribution in [3.63, 3.8) is 0 Å². The van der Waals surface area contributed by atoms with Gasteiger partial charge in [-0.2, -0.15) is 0 Å². The van der Waals surface area contributed by atoms with Crippen LogP contribution in [-0.4, -0.2) is 54.3 Å². The first-order valence-electron chi connectivity index (χ1n) is 11.5. The van der Waals surface area contributed by atoms with Crippen molar-refractivity contribution in [2.24, 2.45) is 0 Å². The van der Waals surface area contributed by atoms with Gasteiger partial charge < -0.3 is 10.1 Å². The van der Waals surface area contributed by atoms with E-state index in [9.17, 15) is 0 Å². The molecular weight excluding hydrogens is 500 g/mol. The van der Waals surface area contributed by atoms with E-state index in [1.165, 1.54) is 41.2 Å². The second-order valence-corrected chi connectivity index (χ2v) is 11.6. The monoisotopic (exact) mass is 534 g/mol. The smallest absolute Gasteiger partial charge is 0.0884 e. The van der Waals surface area contributed by atoms with Crippen LogP contribution in [0.15, 0.2) is 56.9 Å². The number of thioether (sulfide) groups is 2. The average Bonchev–Trinajstić information content (AvgIpc) is 2.81. The number of rotatable bonds is 6. The maximum atomic E-state index is 5.85. The van der Waals surface area contributed by atoms with Gasteiger partial charge in [0.05, 0.1) is 18.5 Å². The highest BCUT2D eigenvalue weighted by atomic mass is 79.9. The van der Waals surface area contributed by atoms with E-state index in [2.05, 4.69) is 69.9 Å². The molecule has 1 aliphatic carbocycles. The van der Waals surface area contributed by atoms with Gasteiger partial charge in [-0.25, -0.2) is 0 Å². The van der Waals surface area contributed by atoms with Crippen molar-refractivity contribution in [2.75, 3.05) is 32.1 Å². The van der Waals surface area contributed by atoms with Crippen LogP contribution in [0, 0.1) is 12.3 Å². The molecule has 174 valence electrons. The summed E-state index contributed by atoms with van der Waals surface area (Å²) in [5, 5.41) is 3.89. The van der Waals surface area contributed by atoms with Gasteiger partial charge in [0.25, 0.3) is 0 Å². The molecule has 32 heavy (non-hydrogen) atoms. The Morgan fingerprint density at radius 2 is 2.16 bits per heavy atom. The van der Waals surface area contributed by atoms with Gasteiger partial charge in [0, 0.05) is 50.9 Å². The number of halogens is 1. The highest BCUT2D eigenvalue weighted by molar-refractivity contribution is 9.11. The molecule has 3 aliphatic rings. The van der Waals surface area contributed by atoms with Gasteiger partial charge >= 0.3 is 0 Å². The molecule has 6 heteroatoms. The van der Waals surface area contributed by atoms with Crippen LogP contribution in [0.5, 0.6) is 0 Å². The zero-order valence-corrected chi connectivity index (χ0v) is 22.2. The number of hydrogen-bond acceptors (Lipinski definition) is 5. The molecule has 2 aliphatic heterocycles. The topological polar surface area (TPSA) is 24.5 Å². The maximum Gasteiger partial charge on any atom is 0.0884 e. The molecule has 0 amide bonds. The van der Waals surface area contributed by atoms with Crippen molar-refractivity contribution in [1.82, 2.24) is 10.2 Å². The van der Waals surface area contributed by atoms with Gasteiger partial charge in [-0.15, -0.1) is 36.5 Å². The van der Waals surface area contributed by atoms with E-state index >= 15 is 0 Å². The van der Waals surface area contributed by atoms with Crippen molar-refractivity contribution in [3.8, 4) is 12.3 Å². The number of nitrogens with zero attached hydrogens (tertiary/aromatic N) is 1. The predicted molar refractivity (Wildman–Crippen MR) is 146 cm³/mol. The highest BCUT2D eigenvalue weighted by Crippen LogP contribution is 2.37. The van der Waals surface area contributed by atoms with Gasteiger partial charge in [0.2, 0.25) is 0 Å². The molecule has 3 rings (SSSR count). The van der Waals surface area contributed by atoms with Gasteiger partial charge in [-0.05, 0) is 32.3 Å². The maximum absolute atomic E-state index is 5.85. The molecule has 0 aromatic carbocycles. The average molecular weight is 536 g/mol. The van der Waals surface area contributed by atoms with E-state index < -0.39 is 0 Å². The summed E-state index contributed by atoms with van der Waals surface area (Å²) >= 11 is 7.29. The van der Waals surface area contributed by atoms with Crippen molar-refractivity contribution in [2.45, 2.75) is 56.4 Å². The third kappa shape index (κ3) is 7.88. The summed E-state index contributed by atoms with van der Waals surface area (Å²) in [6.07, 6.45) is 22.3. The summed E-state index contributed by atoms with van der Waals surface area (Å²) in [5.41, 5.74) is 1.21. The molecule has 2 heterocycles. The minimum absolute atomic E-state index is 0.0000979. The Kier molecular flexibility index (Phi) is 11.1. The van der Waals surface area contributed by atoms with Crippen LogP contribution >= 0.6 is 39.5 Å². The first-order chi connectivity index (χ1) is 15.6. The minimum atomic E-state index is -0.0000979. The molecule has 0 aromatic heterocycles. The van der Waals surface area contributed by atoms with Crippen molar-refractivity contribution >= 4 is 39.5 Å². The summed E-state index contributed by atoms with van der Waals surface area (Å²) in [5.74, 6) is 3.83. The molecule has 1 saturated carbocycles. The lowest BCUT2D eigenvalue weighted by atomic mass is 9.88. The van der Waals surface area contributed by atoms with E-state index in [1.807, 2.05) is 17.8 Å². The van der Waals surface area contributed by atoms with Crippen LogP contribution in [0.1, 0.15) is 39.0 Å². The van der Waals surface area contributed by atoms with Gasteiger partial charge in [-0.1, -0.05) is 59.0 Å². The third-order valence-electron chi connectivity index (χ3n) is 5.97.